The molecule has 3 rings (SSSR count). The SMILES string of the molecule is COCCN1CCO[C@@H]2C[C@@H](COCc3ccncc3)C[C@H]21. The molecular weight excluding hydrogens is 280 g/mol. The van der Waals surface area contributed by atoms with Gasteiger partial charge in [-0.05, 0) is 36.5 Å². The van der Waals surface area contributed by atoms with E-state index in [9.17, 15) is 0 Å². The first-order chi connectivity index (χ1) is 10.9. The molecule has 2 aliphatic rings. The van der Waals surface area contributed by atoms with Crippen LogP contribution in [0.15, 0.2) is 24.5 Å². The van der Waals surface area contributed by atoms with Crippen molar-refractivity contribution in [2.75, 3.05) is 40.0 Å². The monoisotopic (exact) mass is 306 g/mol. The summed E-state index contributed by atoms with van der Waals surface area (Å²) < 4.78 is 17.1. The molecule has 1 saturated heterocycles. The molecule has 2 heterocycles. The van der Waals surface area contributed by atoms with Gasteiger partial charge in [0, 0.05) is 45.2 Å². The predicted octanol–water partition coefficient (Wildman–Crippen LogP) is 1.72. The average Bonchev–Trinajstić information content (AvgIpc) is 2.97. The van der Waals surface area contributed by atoms with E-state index in [1.165, 1.54) is 12.0 Å². The summed E-state index contributed by atoms with van der Waals surface area (Å²) in [4.78, 5) is 6.55. The third kappa shape index (κ3) is 4.04. The molecule has 2 fully saturated rings. The van der Waals surface area contributed by atoms with Gasteiger partial charge in [-0.15, -0.1) is 0 Å². The Hall–Kier alpha value is -1.01. The Morgan fingerprint density at radius 2 is 2.18 bits per heavy atom. The van der Waals surface area contributed by atoms with Crippen molar-refractivity contribution in [2.24, 2.45) is 5.92 Å². The highest BCUT2D eigenvalue weighted by atomic mass is 16.5. The minimum Gasteiger partial charge on any atom is -0.383 e. The summed E-state index contributed by atoms with van der Waals surface area (Å²) >= 11 is 0. The Morgan fingerprint density at radius 1 is 1.32 bits per heavy atom. The van der Waals surface area contributed by atoms with E-state index in [1.807, 2.05) is 24.5 Å². The van der Waals surface area contributed by atoms with Gasteiger partial charge in [-0.2, -0.15) is 0 Å². The van der Waals surface area contributed by atoms with Crippen LogP contribution < -0.4 is 0 Å². The van der Waals surface area contributed by atoms with E-state index in [-0.39, 0.29) is 0 Å². The van der Waals surface area contributed by atoms with Crippen molar-refractivity contribution in [1.82, 2.24) is 9.88 Å². The summed E-state index contributed by atoms with van der Waals surface area (Å²) in [5.41, 5.74) is 1.18. The zero-order valence-electron chi connectivity index (χ0n) is 13.3. The maximum Gasteiger partial charge on any atom is 0.0734 e. The Morgan fingerprint density at radius 3 is 3.00 bits per heavy atom. The topological polar surface area (TPSA) is 43.8 Å². The van der Waals surface area contributed by atoms with Crippen LogP contribution in [0.5, 0.6) is 0 Å². The summed E-state index contributed by atoms with van der Waals surface area (Å²) in [6.45, 7) is 5.15. The maximum absolute atomic E-state index is 5.96. The highest BCUT2D eigenvalue weighted by molar-refractivity contribution is 5.07. The van der Waals surface area contributed by atoms with Crippen molar-refractivity contribution < 1.29 is 14.2 Å². The molecule has 22 heavy (non-hydrogen) atoms. The number of methoxy groups -OCH3 is 1. The smallest absolute Gasteiger partial charge is 0.0734 e. The normalized spacial score (nSPS) is 28.7. The molecule has 1 aliphatic heterocycles. The highest BCUT2D eigenvalue weighted by Gasteiger charge is 2.40. The first kappa shape index (κ1) is 15.9. The van der Waals surface area contributed by atoms with Crippen LogP contribution in [0.1, 0.15) is 18.4 Å². The number of hydrogen-bond acceptors (Lipinski definition) is 5. The third-order valence-corrected chi connectivity index (χ3v) is 4.70. The Bertz CT molecular complexity index is 443. The minimum absolute atomic E-state index is 0.375. The van der Waals surface area contributed by atoms with E-state index >= 15 is 0 Å². The Balaban J connectivity index is 1.44. The van der Waals surface area contributed by atoms with Crippen LogP contribution in [0.4, 0.5) is 0 Å². The van der Waals surface area contributed by atoms with Crippen molar-refractivity contribution >= 4 is 0 Å². The molecule has 0 unspecified atom stereocenters. The number of ether oxygens (including phenoxy) is 3. The number of pyridine rings is 1. The zero-order chi connectivity index (χ0) is 15.2. The molecule has 0 spiro atoms. The quantitative estimate of drug-likeness (QED) is 0.767. The van der Waals surface area contributed by atoms with Crippen molar-refractivity contribution in [3.05, 3.63) is 30.1 Å². The standard InChI is InChI=1S/C17H26N2O3/c1-20-8-6-19-7-9-22-17-11-15(10-16(17)19)13-21-12-14-2-4-18-5-3-14/h2-5,15-17H,6-13H2,1H3/t15-,16+,17+/m0/s1. The van der Waals surface area contributed by atoms with Gasteiger partial charge >= 0.3 is 0 Å². The number of morpholine rings is 1. The lowest BCUT2D eigenvalue weighted by Crippen LogP contribution is -2.49. The van der Waals surface area contributed by atoms with Gasteiger partial charge in [-0.1, -0.05) is 0 Å². The number of fused-ring (bicyclic) bond motifs is 1. The molecule has 1 aliphatic carbocycles. The van der Waals surface area contributed by atoms with E-state index in [0.29, 0.717) is 24.7 Å². The lowest BCUT2D eigenvalue weighted by Gasteiger charge is -2.37. The largest absolute Gasteiger partial charge is 0.383 e. The summed E-state index contributed by atoms with van der Waals surface area (Å²) in [7, 11) is 1.77. The molecule has 1 aromatic heterocycles. The summed E-state index contributed by atoms with van der Waals surface area (Å²) in [6.07, 6.45) is 6.28. The molecule has 0 radical (unpaired) electrons. The molecule has 3 atom stereocenters. The molecule has 0 bridgehead atoms. The van der Waals surface area contributed by atoms with E-state index in [2.05, 4.69) is 9.88 Å². The van der Waals surface area contributed by atoms with Crippen molar-refractivity contribution in [1.29, 1.82) is 0 Å². The molecule has 0 N–H and O–H groups in total. The minimum atomic E-state index is 0.375. The fraction of sp³-hybridized carbons (Fsp3) is 0.706. The summed E-state index contributed by atoms with van der Waals surface area (Å²) in [5.74, 6) is 0.597. The van der Waals surface area contributed by atoms with Crippen LogP contribution >= 0.6 is 0 Å². The van der Waals surface area contributed by atoms with Gasteiger partial charge in [0.2, 0.25) is 0 Å². The van der Waals surface area contributed by atoms with E-state index in [4.69, 9.17) is 14.2 Å². The van der Waals surface area contributed by atoms with E-state index in [1.54, 1.807) is 7.11 Å². The Labute approximate surface area is 132 Å². The van der Waals surface area contributed by atoms with Gasteiger partial charge in [-0.3, -0.25) is 9.88 Å². The van der Waals surface area contributed by atoms with Gasteiger partial charge in [0.15, 0.2) is 0 Å². The molecule has 5 nitrogen and oxygen atoms in total. The number of nitrogens with zero attached hydrogens (tertiary/aromatic N) is 2. The van der Waals surface area contributed by atoms with Gasteiger partial charge < -0.3 is 14.2 Å². The van der Waals surface area contributed by atoms with E-state index in [0.717, 1.165) is 39.3 Å². The zero-order valence-corrected chi connectivity index (χ0v) is 13.3. The molecule has 0 amide bonds. The van der Waals surface area contributed by atoms with Crippen LogP contribution in [0.2, 0.25) is 0 Å². The molecule has 1 saturated carbocycles. The third-order valence-electron chi connectivity index (χ3n) is 4.70. The van der Waals surface area contributed by atoms with Gasteiger partial charge in [0.1, 0.15) is 0 Å². The van der Waals surface area contributed by atoms with E-state index < -0.39 is 0 Å². The summed E-state index contributed by atoms with van der Waals surface area (Å²) in [5, 5.41) is 0. The van der Waals surface area contributed by atoms with Crippen molar-refractivity contribution in [3.8, 4) is 0 Å². The second kappa shape index (κ2) is 8.02. The van der Waals surface area contributed by atoms with Crippen LogP contribution in [0, 0.1) is 5.92 Å². The lowest BCUT2D eigenvalue weighted by molar-refractivity contribution is -0.0611. The first-order valence-corrected chi connectivity index (χ1v) is 8.18. The number of aromatic nitrogens is 1. The lowest BCUT2D eigenvalue weighted by atomic mass is 10.1. The van der Waals surface area contributed by atoms with Crippen LogP contribution in [-0.4, -0.2) is 62.0 Å². The van der Waals surface area contributed by atoms with Crippen molar-refractivity contribution in [2.45, 2.75) is 31.6 Å². The molecule has 0 aromatic carbocycles. The average molecular weight is 306 g/mol. The molecule has 122 valence electrons. The molecular formula is C17H26N2O3. The van der Waals surface area contributed by atoms with Gasteiger partial charge in [0.25, 0.3) is 0 Å². The van der Waals surface area contributed by atoms with Crippen molar-refractivity contribution in [3.63, 3.8) is 0 Å². The van der Waals surface area contributed by atoms with Gasteiger partial charge in [0.05, 0.1) is 25.9 Å². The van der Waals surface area contributed by atoms with Crippen LogP contribution in [0.25, 0.3) is 0 Å². The maximum atomic E-state index is 5.96. The summed E-state index contributed by atoms with van der Waals surface area (Å²) in [6, 6.07) is 4.55. The second-order valence-corrected chi connectivity index (χ2v) is 6.21. The van der Waals surface area contributed by atoms with Crippen LogP contribution in [-0.2, 0) is 20.8 Å². The number of rotatable bonds is 7. The second-order valence-electron chi connectivity index (χ2n) is 6.21. The highest BCUT2D eigenvalue weighted by Crippen LogP contribution is 2.34. The fourth-order valence-corrected chi connectivity index (χ4v) is 3.57. The van der Waals surface area contributed by atoms with Gasteiger partial charge in [-0.25, -0.2) is 0 Å². The van der Waals surface area contributed by atoms with Crippen LogP contribution in [0.3, 0.4) is 0 Å². The molecule has 5 heteroatoms. The first-order valence-electron chi connectivity index (χ1n) is 8.18. The number of hydrogen-bond donors (Lipinski definition) is 0. The predicted molar refractivity (Wildman–Crippen MR) is 83.6 cm³/mol. The molecule has 1 aromatic rings. The fourth-order valence-electron chi connectivity index (χ4n) is 3.57. The Kier molecular flexibility index (Phi) is 5.78.